The van der Waals surface area contributed by atoms with Crippen molar-refractivity contribution in [1.82, 2.24) is 4.98 Å². The molecule has 0 fully saturated rings. The van der Waals surface area contributed by atoms with E-state index >= 15 is 0 Å². The van der Waals surface area contributed by atoms with Gasteiger partial charge in [0.25, 0.3) is 0 Å². The molecule has 25 heavy (non-hydrogen) atoms. The second-order valence-corrected chi connectivity index (χ2v) is 4.93. The maximum Gasteiger partial charge on any atom is 0.223 e. The van der Waals surface area contributed by atoms with E-state index in [1.54, 1.807) is 12.1 Å². The number of carbonyl (C=O) groups is 1. The van der Waals surface area contributed by atoms with Crippen LogP contribution in [0.15, 0.2) is 35.3 Å². The molecule has 0 bridgehead atoms. The Morgan fingerprint density at radius 2 is 1.52 bits per heavy atom. The first-order valence-corrected chi connectivity index (χ1v) is 7.33. The molecule has 0 spiro atoms. The molecule has 0 saturated heterocycles. The number of hydrogen-bond donors (Lipinski definition) is 1. The van der Waals surface area contributed by atoms with Crippen LogP contribution >= 0.6 is 0 Å². The number of allylic oxidation sites excluding steroid dienone is 1. The Labute approximate surface area is 144 Å². The topological polar surface area (TPSA) is 86.9 Å². The van der Waals surface area contributed by atoms with E-state index in [0.717, 1.165) is 0 Å². The van der Waals surface area contributed by atoms with Gasteiger partial charge in [0, 0.05) is 23.5 Å². The molecule has 2 rings (SSSR count). The van der Waals surface area contributed by atoms with Crippen LogP contribution in [0.5, 0.6) is 23.0 Å². The number of H-pyrrole nitrogens is 1. The van der Waals surface area contributed by atoms with E-state index in [9.17, 15) is 9.59 Å². The fraction of sp³-hybridized carbons (Fsp3) is 0.222. The highest BCUT2D eigenvalue weighted by Gasteiger charge is 2.15. The normalized spacial score (nSPS) is 10.6. The van der Waals surface area contributed by atoms with Gasteiger partial charge in [-0.05, 0) is 24.3 Å². The van der Waals surface area contributed by atoms with Crippen LogP contribution in [0.2, 0.25) is 0 Å². The molecule has 0 unspecified atom stereocenters. The van der Waals surface area contributed by atoms with Gasteiger partial charge in [-0.3, -0.25) is 9.59 Å². The van der Waals surface area contributed by atoms with Gasteiger partial charge in [0.15, 0.2) is 23.0 Å². The molecule has 1 aromatic carbocycles. The van der Waals surface area contributed by atoms with Crippen LogP contribution in [0.1, 0.15) is 16.1 Å². The van der Waals surface area contributed by atoms with Crippen LogP contribution < -0.4 is 24.4 Å². The summed E-state index contributed by atoms with van der Waals surface area (Å²) in [6.45, 7) is 0. The number of carbonyl (C=O) groups excluding carboxylic acids is 1. The van der Waals surface area contributed by atoms with Crippen LogP contribution in [0, 0.1) is 0 Å². The Bertz CT molecular complexity index is 828. The Kier molecular flexibility index (Phi) is 5.84. The van der Waals surface area contributed by atoms with E-state index in [2.05, 4.69) is 4.98 Å². The van der Waals surface area contributed by atoms with Gasteiger partial charge in [-0.2, -0.15) is 0 Å². The van der Waals surface area contributed by atoms with Gasteiger partial charge in [0.05, 0.1) is 28.4 Å². The molecular weight excluding hydrogens is 326 g/mol. The Hall–Kier alpha value is -3.22. The summed E-state index contributed by atoms with van der Waals surface area (Å²) in [4.78, 5) is 27.0. The number of hydrogen-bond acceptors (Lipinski definition) is 6. The van der Waals surface area contributed by atoms with Crippen molar-refractivity contribution < 1.29 is 23.7 Å². The van der Waals surface area contributed by atoms with Crippen molar-refractivity contribution in [3.05, 3.63) is 52.0 Å². The minimum Gasteiger partial charge on any atom is -0.493 e. The first kappa shape index (κ1) is 18.1. The third-order valence-electron chi connectivity index (χ3n) is 3.48. The summed E-state index contributed by atoms with van der Waals surface area (Å²) in [5.74, 6) is 1.10. The molecule has 7 nitrogen and oxygen atoms in total. The van der Waals surface area contributed by atoms with Crippen molar-refractivity contribution in [2.24, 2.45) is 0 Å². The average molecular weight is 345 g/mol. The van der Waals surface area contributed by atoms with Gasteiger partial charge in [-0.1, -0.05) is 0 Å². The number of ether oxygens (including phenoxy) is 4. The van der Waals surface area contributed by atoms with Gasteiger partial charge in [0.1, 0.15) is 0 Å². The van der Waals surface area contributed by atoms with Crippen LogP contribution in [-0.4, -0.2) is 39.2 Å². The molecule has 1 heterocycles. The highest BCUT2D eigenvalue weighted by molar-refractivity contribution is 6.07. The molecule has 0 saturated carbocycles. The molecule has 0 atom stereocenters. The number of benzene rings is 1. The zero-order valence-electron chi connectivity index (χ0n) is 14.4. The van der Waals surface area contributed by atoms with E-state index in [1.807, 2.05) is 0 Å². The summed E-state index contributed by atoms with van der Waals surface area (Å²) in [5, 5.41) is 0. The van der Waals surface area contributed by atoms with Crippen molar-refractivity contribution in [3.63, 3.8) is 0 Å². The molecule has 0 radical (unpaired) electrons. The van der Waals surface area contributed by atoms with Crippen LogP contribution in [-0.2, 0) is 0 Å². The van der Waals surface area contributed by atoms with Crippen LogP contribution in [0.3, 0.4) is 0 Å². The number of ketones is 1. The smallest absolute Gasteiger partial charge is 0.223 e. The summed E-state index contributed by atoms with van der Waals surface area (Å²) in [5.41, 5.74) is 0.564. The maximum atomic E-state index is 12.4. The van der Waals surface area contributed by atoms with Crippen molar-refractivity contribution in [2.75, 3.05) is 28.4 Å². The van der Waals surface area contributed by atoms with Gasteiger partial charge in [-0.15, -0.1) is 0 Å². The standard InChI is InChI=1S/C18H19NO6/c1-22-15-7-11(8-16(23-2)18(15)25-4)13(20)6-5-12-9-14(21)17(24-3)10-19-12/h5-10H,1-4H3,(H,19,21). The van der Waals surface area contributed by atoms with Gasteiger partial charge >= 0.3 is 0 Å². The van der Waals surface area contributed by atoms with E-state index in [1.165, 1.54) is 52.9 Å². The first-order chi connectivity index (χ1) is 12.0. The van der Waals surface area contributed by atoms with Crippen molar-refractivity contribution in [1.29, 1.82) is 0 Å². The lowest BCUT2D eigenvalue weighted by atomic mass is 10.1. The van der Waals surface area contributed by atoms with Gasteiger partial charge < -0.3 is 23.9 Å². The SMILES string of the molecule is COc1cc(C(=O)C=Cc2cc(=O)c(OC)c[nH]2)cc(OC)c1OC. The second kappa shape index (κ2) is 8.05. The van der Waals surface area contributed by atoms with E-state index < -0.39 is 0 Å². The highest BCUT2D eigenvalue weighted by atomic mass is 16.5. The summed E-state index contributed by atoms with van der Waals surface area (Å²) >= 11 is 0. The van der Waals surface area contributed by atoms with E-state index in [-0.39, 0.29) is 17.0 Å². The first-order valence-electron chi connectivity index (χ1n) is 7.33. The van der Waals surface area contributed by atoms with Gasteiger partial charge in [0.2, 0.25) is 11.2 Å². The second-order valence-electron chi connectivity index (χ2n) is 4.93. The number of methoxy groups -OCH3 is 4. The molecular formula is C18H19NO6. The quantitative estimate of drug-likeness (QED) is 0.612. The predicted molar refractivity (Wildman–Crippen MR) is 93.1 cm³/mol. The van der Waals surface area contributed by atoms with Crippen LogP contribution in [0.25, 0.3) is 6.08 Å². The fourth-order valence-electron chi connectivity index (χ4n) is 2.21. The zero-order chi connectivity index (χ0) is 18.4. The van der Waals surface area contributed by atoms with Crippen molar-refractivity contribution in [2.45, 2.75) is 0 Å². The Morgan fingerprint density at radius 1 is 0.920 bits per heavy atom. The molecule has 1 N–H and O–H groups in total. The number of aromatic nitrogens is 1. The summed E-state index contributed by atoms with van der Waals surface area (Å²) in [6, 6.07) is 4.47. The fourth-order valence-corrected chi connectivity index (χ4v) is 2.21. The molecule has 2 aromatic rings. The van der Waals surface area contributed by atoms with E-state index in [4.69, 9.17) is 18.9 Å². The zero-order valence-corrected chi connectivity index (χ0v) is 14.4. The Morgan fingerprint density at radius 3 is 2.00 bits per heavy atom. The third kappa shape index (κ3) is 4.00. The maximum absolute atomic E-state index is 12.4. The Balaban J connectivity index is 2.31. The van der Waals surface area contributed by atoms with E-state index in [0.29, 0.717) is 28.5 Å². The largest absolute Gasteiger partial charge is 0.493 e. The third-order valence-corrected chi connectivity index (χ3v) is 3.48. The predicted octanol–water partition coefficient (Wildman–Crippen LogP) is 2.31. The summed E-state index contributed by atoms with van der Waals surface area (Å²) < 4.78 is 20.6. The molecule has 132 valence electrons. The number of aromatic amines is 1. The van der Waals surface area contributed by atoms with Crippen LogP contribution in [0.4, 0.5) is 0 Å². The minimum absolute atomic E-state index is 0.202. The average Bonchev–Trinajstić information content (AvgIpc) is 2.64. The molecule has 7 heteroatoms. The lowest BCUT2D eigenvalue weighted by Crippen LogP contribution is -2.05. The number of pyridine rings is 1. The van der Waals surface area contributed by atoms with Gasteiger partial charge in [-0.25, -0.2) is 0 Å². The molecule has 0 aliphatic heterocycles. The number of nitrogens with one attached hydrogen (secondary N) is 1. The lowest BCUT2D eigenvalue weighted by molar-refractivity contribution is 0.104. The molecule has 0 amide bonds. The molecule has 0 aliphatic rings. The van der Waals surface area contributed by atoms with Crippen molar-refractivity contribution >= 4 is 11.9 Å². The summed E-state index contributed by atoms with van der Waals surface area (Å²) in [6.07, 6.45) is 4.29. The minimum atomic E-state index is -0.282. The molecule has 1 aromatic heterocycles. The lowest BCUT2D eigenvalue weighted by Gasteiger charge is -2.13. The highest BCUT2D eigenvalue weighted by Crippen LogP contribution is 2.38. The number of rotatable bonds is 7. The molecule has 0 aliphatic carbocycles. The monoisotopic (exact) mass is 345 g/mol. The summed E-state index contributed by atoms with van der Waals surface area (Å²) in [7, 11) is 5.85. The van der Waals surface area contributed by atoms with Crippen molar-refractivity contribution in [3.8, 4) is 23.0 Å².